The maximum absolute atomic E-state index is 13.2. The van der Waals surface area contributed by atoms with E-state index in [2.05, 4.69) is 15.3 Å². The average molecular weight is 355 g/mol. The Balaban J connectivity index is 1.70. The molecule has 0 aliphatic heterocycles. The van der Waals surface area contributed by atoms with Crippen molar-refractivity contribution in [2.24, 2.45) is 0 Å². The van der Waals surface area contributed by atoms with E-state index in [0.717, 1.165) is 23.4 Å². The van der Waals surface area contributed by atoms with Crippen molar-refractivity contribution in [3.05, 3.63) is 77.8 Å². The zero-order valence-electron chi connectivity index (χ0n) is 13.9. The number of ether oxygens (including phenoxy) is 1. The number of hydrogen-bond donors (Lipinski definition) is 1. The van der Waals surface area contributed by atoms with Gasteiger partial charge >= 0.3 is 0 Å². The lowest BCUT2D eigenvalue weighted by molar-refractivity contribution is 0.0950. The first kappa shape index (κ1) is 17.5. The zero-order chi connectivity index (χ0) is 18.5. The lowest BCUT2D eigenvalue weighted by Gasteiger charge is -2.07. The van der Waals surface area contributed by atoms with Crippen LogP contribution in [0.25, 0.3) is 11.3 Å². The Labute approximate surface area is 148 Å². The molecular formula is C19H15F2N3O2. The number of halogens is 2. The predicted octanol–water partition coefficient (Wildman–Crippen LogP) is 3.36. The number of carbonyl (C=O) groups excluding carboxylic acids is 1. The van der Waals surface area contributed by atoms with Gasteiger partial charge in [0.1, 0.15) is 12.1 Å². The van der Waals surface area contributed by atoms with Crippen LogP contribution in [-0.4, -0.2) is 23.0 Å². The van der Waals surface area contributed by atoms with E-state index in [-0.39, 0.29) is 12.1 Å². The molecule has 0 saturated heterocycles. The lowest BCUT2D eigenvalue weighted by Crippen LogP contribution is -2.23. The highest BCUT2D eigenvalue weighted by molar-refractivity contribution is 5.94. The van der Waals surface area contributed by atoms with E-state index in [9.17, 15) is 13.6 Å². The van der Waals surface area contributed by atoms with E-state index in [0.29, 0.717) is 11.4 Å². The molecule has 0 aliphatic rings. The van der Waals surface area contributed by atoms with Crippen molar-refractivity contribution in [2.45, 2.75) is 6.54 Å². The van der Waals surface area contributed by atoms with Gasteiger partial charge < -0.3 is 10.1 Å². The van der Waals surface area contributed by atoms with Crippen molar-refractivity contribution in [1.82, 2.24) is 15.3 Å². The SMILES string of the molecule is COc1ccc(-c2cc(CNC(=O)c3ccc(F)c(F)c3)ncn2)cc1. The summed E-state index contributed by atoms with van der Waals surface area (Å²) >= 11 is 0. The van der Waals surface area contributed by atoms with Gasteiger partial charge in [-0.05, 0) is 48.5 Å². The molecular weight excluding hydrogens is 340 g/mol. The summed E-state index contributed by atoms with van der Waals surface area (Å²) in [7, 11) is 1.59. The highest BCUT2D eigenvalue weighted by Gasteiger charge is 2.10. The number of aromatic nitrogens is 2. The van der Waals surface area contributed by atoms with Crippen LogP contribution in [0.2, 0.25) is 0 Å². The van der Waals surface area contributed by atoms with Crippen LogP contribution >= 0.6 is 0 Å². The van der Waals surface area contributed by atoms with Crippen molar-refractivity contribution in [3.63, 3.8) is 0 Å². The van der Waals surface area contributed by atoms with E-state index in [4.69, 9.17) is 4.74 Å². The van der Waals surface area contributed by atoms with Gasteiger partial charge in [0.05, 0.1) is 25.0 Å². The maximum Gasteiger partial charge on any atom is 0.251 e. The molecule has 0 radical (unpaired) electrons. The Morgan fingerprint density at radius 1 is 1.04 bits per heavy atom. The van der Waals surface area contributed by atoms with E-state index in [1.54, 1.807) is 13.2 Å². The fourth-order valence-corrected chi connectivity index (χ4v) is 2.32. The summed E-state index contributed by atoms with van der Waals surface area (Å²) < 4.78 is 31.3. The van der Waals surface area contributed by atoms with Crippen LogP contribution < -0.4 is 10.1 Å². The van der Waals surface area contributed by atoms with Gasteiger partial charge in [-0.3, -0.25) is 4.79 Å². The second kappa shape index (κ2) is 7.69. The van der Waals surface area contributed by atoms with Gasteiger partial charge in [-0.2, -0.15) is 0 Å². The zero-order valence-corrected chi connectivity index (χ0v) is 13.9. The van der Waals surface area contributed by atoms with Gasteiger partial charge in [0.15, 0.2) is 11.6 Å². The van der Waals surface area contributed by atoms with Crippen LogP contribution in [0.1, 0.15) is 16.1 Å². The topological polar surface area (TPSA) is 64.1 Å². The van der Waals surface area contributed by atoms with Crippen molar-refractivity contribution in [1.29, 1.82) is 0 Å². The Bertz CT molecular complexity index is 930. The smallest absolute Gasteiger partial charge is 0.251 e. The van der Waals surface area contributed by atoms with Gasteiger partial charge in [0, 0.05) is 11.1 Å². The van der Waals surface area contributed by atoms with Crippen molar-refractivity contribution in [3.8, 4) is 17.0 Å². The molecule has 1 aromatic heterocycles. The second-order valence-electron chi connectivity index (χ2n) is 5.43. The largest absolute Gasteiger partial charge is 0.497 e. The van der Waals surface area contributed by atoms with Crippen molar-refractivity contribution >= 4 is 5.91 Å². The third kappa shape index (κ3) is 4.00. The fraction of sp³-hybridized carbons (Fsp3) is 0.105. The van der Waals surface area contributed by atoms with E-state index in [1.807, 2.05) is 24.3 Å². The fourth-order valence-electron chi connectivity index (χ4n) is 2.32. The summed E-state index contributed by atoms with van der Waals surface area (Å²) in [4.78, 5) is 20.4. The summed E-state index contributed by atoms with van der Waals surface area (Å²) in [5.41, 5.74) is 2.19. The third-order valence-corrected chi connectivity index (χ3v) is 3.72. The van der Waals surface area contributed by atoms with Crippen LogP contribution in [-0.2, 0) is 6.54 Å². The Kier molecular flexibility index (Phi) is 5.17. The van der Waals surface area contributed by atoms with E-state index in [1.165, 1.54) is 12.4 Å². The summed E-state index contributed by atoms with van der Waals surface area (Å²) in [6, 6.07) is 12.1. The molecule has 0 spiro atoms. The summed E-state index contributed by atoms with van der Waals surface area (Å²) in [6.07, 6.45) is 1.40. The first-order valence-corrected chi connectivity index (χ1v) is 7.75. The molecule has 0 aliphatic carbocycles. The summed E-state index contributed by atoms with van der Waals surface area (Å²) in [6.45, 7) is 0.128. The molecule has 1 heterocycles. The quantitative estimate of drug-likeness (QED) is 0.762. The molecule has 5 nitrogen and oxygen atoms in total. The first-order valence-electron chi connectivity index (χ1n) is 7.75. The number of nitrogens with one attached hydrogen (secondary N) is 1. The summed E-state index contributed by atoms with van der Waals surface area (Å²) in [5, 5.41) is 2.62. The molecule has 26 heavy (non-hydrogen) atoms. The van der Waals surface area contributed by atoms with Crippen LogP contribution in [0, 0.1) is 11.6 Å². The second-order valence-corrected chi connectivity index (χ2v) is 5.43. The molecule has 3 aromatic rings. The number of nitrogens with zero attached hydrogens (tertiary/aromatic N) is 2. The van der Waals surface area contributed by atoms with Crippen LogP contribution in [0.4, 0.5) is 8.78 Å². The molecule has 7 heteroatoms. The van der Waals surface area contributed by atoms with Gasteiger partial charge in [0.25, 0.3) is 5.91 Å². The van der Waals surface area contributed by atoms with Gasteiger partial charge in [-0.15, -0.1) is 0 Å². The minimum atomic E-state index is -1.07. The molecule has 1 amide bonds. The minimum absolute atomic E-state index is 0.0355. The van der Waals surface area contributed by atoms with Crippen LogP contribution in [0.15, 0.2) is 54.9 Å². The molecule has 2 aromatic carbocycles. The molecule has 0 fully saturated rings. The molecule has 0 atom stereocenters. The summed E-state index contributed by atoms with van der Waals surface area (Å²) in [5.74, 6) is -1.85. The van der Waals surface area contributed by atoms with E-state index >= 15 is 0 Å². The lowest BCUT2D eigenvalue weighted by atomic mass is 10.1. The van der Waals surface area contributed by atoms with Crippen LogP contribution in [0.3, 0.4) is 0 Å². The first-order chi connectivity index (χ1) is 12.6. The molecule has 0 bridgehead atoms. The normalized spacial score (nSPS) is 10.4. The average Bonchev–Trinajstić information content (AvgIpc) is 2.68. The minimum Gasteiger partial charge on any atom is -0.497 e. The number of hydrogen-bond acceptors (Lipinski definition) is 4. The Hall–Kier alpha value is -3.35. The predicted molar refractivity (Wildman–Crippen MR) is 91.5 cm³/mol. The van der Waals surface area contributed by atoms with Gasteiger partial charge in [-0.25, -0.2) is 18.7 Å². The number of rotatable bonds is 5. The number of benzene rings is 2. The maximum atomic E-state index is 13.2. The van der Waals surface area contributed by atoms with Crippen molar-refractivity contribution in [2.75, 3.05) is 7.11 Å². The standard InChI is InChI=1S/C19H15F2N3O2/c1-26-15-5-2-12(3-6-15)18-9-14(23-11-24-18)10-22-19(25)13-4-7-16(20)17(21)8-13/h2-9,11H,10H2,1H3,(H,22,25). The van der Waals surface area contributed by atoms with Gasteiger partial charge in [-0.1, -0.05) is 0 Å². The highest BCUT2D eigenvalue weighted by atomic mass is 19.2. The number of amides is 1. The number of carbonyl (C=O) groups is 1. The van der Waals surface area contributed by atoms with Crippen LogP contribution in [0.5, 0.6) is 5.75 Å². The Morgan fingerprint density at radius 3 is 2.50 bits per heavy atom. The molecule has 1 N–H and O–H groups in total. The molecule has 0 saturated carbocycles. The third-order valence-electron chi connectivity index (χ3n) is 3.72. The molecule has 132 valence electrons. The highest BCUT2D eigenvalue weighted by Crippen LogP contribution is 2.20. The monoisotopic (exact) mass is 355 g/mol. The van der Waals surface area contributed by atoms with Gasteiger partial charge in [0.2, 0.25) is 0 Å². The molecule has 3 rings (SSSR count). The van der Waals surface area contributed by atoms with Crippen molar-refractivity contribution < 1.29 is 18.3 Å². The number of methoxy groups -OCH3 is 1. The van der Waals surface area contributed by atoms with E-state index < -0.39 is 17.5 Å². The Morgan fingerprint density at radius 2 is 1.81 bits per heavy atom. The molecule has 0 unspecified atom stereocenters.